The molecule has 0 aliphatic carbocycles. The molecular formula is C19H13ClN4O3. The molecule has 4 rings (SSSR count). The Balaban J connectivity index is 1.63. The van der Waals surface area contributed by atoms with Crippen LogP contribution in [0.2, 0.25) is 5.02 Å². The zero-order valence-corrected chi connectivity index (χ0v) is 14.6. The molecule has 7 nitrogen and oxygen atoms in total. The van der Waals surface area contributed by atoms with E-state index in [4.69, 9.17) is 16.0 Å². The summed E-state index contributed by atoms with van der Waals surface area (Å²) in [7, 11) is 0. The summed E-state index contributed by atoms with van der Waals surface area (Å²) in [6.07, 6.45) is 3.01. The van der Waals surface area contributed by atoms with Gasteiger partial charge in [-0.05, 0) is 30.3 Å². The second-order valence-corrected chi connectivity index (χ2v) is 6.13. The van der Waals surface area contributed by atoms with Gasteiger partial charge in [0.1, 0.15) is 11.4 Å². The number of furan rings is 1. The molecule has 0 fully saturated rings. The number of para-hydroxylation sites is 1. The van der Waals surface area contributed by atoms with Crippen LogP contribution < -0.4 is 10.9 Å². The van der Waals surface area contributed by atoms with Crippen LogP contribution in [0.3, 0.4) is 0 Å². The van der Waals surface area contributed by atoms with Crippen molar-refractivity contribution >= 4 is 34.3 Å². The maximum atomic E-state index is 12.7. The van der Waals surface area contributed by atoms with Crippen molar-refractivity contribution in [1.82, 2.24) is 20.8 Å². The number of halogens is 1. The molecule has 3 N–H and O–H groups in total. The highest BCUT2D eigenvalue weighted by Gasteiger charge is 2.16. The van der Waals surface area contributed by atoms with Gasteiger partial charge in [0.25, 0.3) is 11.8 Å². The number of H-pyrrole nitrogens is 1. The lowest BCUT2D eigenvalue weighted by atomic mass is 10.1. The highest BCUT2D eigenvalue weighted by molar-refractivity contribution is 6.31. The van der Waals surface area contributed by atoms with Crippen LogP contribution in [0.5, 0.6) is 0 Å². The van der Waals surface area contributed by atoms with Crippen LogP contribution in [0.25, 0.3) is 22.4 Å². The van der Waals surface area contributed by atoms with E-state index in [2.05, 4.69) is 20.8 Å². The standard InChI is InChI=1S/C19H13ClN4O3/c20-11-8-16(21-10-11)19(26)24-23-18(25)13-9-15(17-6-3-7-27-17)22-14-5-2-1-4-12(13)14/h1-10,21H,(H,23,25)(H,24,26). The average Bonchev–Trinajstić information content (AvgIpc) is 3.37. The molecule has 0 unspecified atom stereocenters. The summed E-state index contributed by atoms with van der Waals surface area (Å²) in [5.41, 5.74) is 6.52. The first-order chi connectivity index (χ1) is 13.1. The van der Waals surface area contributed by atoms with Crippen molar-refractivity contribution < 1.29 is 14.0 Å². The second-order valence-electron chi connectivity index (χ2n) is 5.69. The van der Waals surface area contributed by atoms with Crippen molar-refractivity contribution in [2.45, 2.75) is 0 Å². The van der Waals surface area contributed by atoms with E-state index < -0.39 is 11.8 Å². The van der Waals surface area contributed by atoms with E-state index in [0.717, 1.165) is 0 Å². The largest absolute Gasteiger partial charge is 0.463 e. The maximum absolute atomic E-state index is 12.7. The second kappa shape index (κ2) is 6.97. The number of pyridine rings is 1. The Bertz CT molecular complexity index is 1140. The molecule has 0 saturated heterocycles. The van der Waals surface area contributed by atoms with Gasteiger partial charge in [0.2, 0.25) is 0 Å². The van der Waals surface area contributed by atoms with Gasteiger partial charge in [0.05, 0.1) is 22.4 Å². The molecule has 27 heavy (non-hydrogen) atoms. The summed E-state index contributed by atoms with van der Waals surface area (Å²) in [4.78, 5) is 32.0. The zero-order chi connectivity index (χ0) is 18.8. The quantitative estimate of drug-likeness (QED) is 0.473. The van der Waals surface area contributed by atoms with Crippen molar-refractivity contribution in [1.29, 1.82) is 0 Å². The van der Waals surface area contributed by atoms with Crippen molar-refractivity contribution in [3.8, 4) is 11.5 Å². The third-order valence-corrected chi connectivity index (χ3v) is 4.13. The number of aromatic amines is 1. The molecule has 0 saturated carbocycles. The minimum Gasteiger partial charge on any atom is -0.463 e. The molecule has 0 aliphatic heterocycles. The molecule has 0 bridgehead atoms. The third kappa shape index (κ3) is 3.40. The number of carbonyl (C=O) groups is 2. The van der Waals surface area contributed by atoms with Gasteiger partial charge in [-0.2, -0.15) is 0 Å². The van der Waals surface area contributed by atoms with E-state index >= 15 is 0 Å². The number of nitrogens with one attached hydrogen (secondary N) is 3. The third-order valence-electron chi connectivity index (χ3n) is 3.92. The molecule has 3 aromatic heterocycles. The molecule has 0 radical (unpaired) electrons. The Labute approximate surface area is 158 Å². The number of amides is 2. The van der Waals surface area contributed by atoms with Gasteiger partial charge in [-0.1, -0.05) is 29.8 Å². The van der Waals surface area contributed by atoms with Crippen molar-refractivity contribution in [3.05, 3.63) is 77.3 Å². The minimum absolute atomic E-state index is 0.233. The first-order valence-electron chi connectivity index (χ1n) is 8.00. The van der Waals surface area contributed by atoms with Crippen LogP contribution >= 0.6 is 11.6 Å². The fourth-order valence-corrected chi connectivity index (χ4v) is 2.82. The SMILES string of the molecule is O=C(NNC(=O)c1cc(-c2ccco2)nc2ccccc12)c1cc(Cl)c[nH]1. The molecular weight excluding hydrogens is 368 g/mol. The number of benzene rings is 1. The molecule has 0 atom stereocenters. The monoisotopic (exact) mass is 380 g/mol. The summed E-state index contributed by atoms with van der Waals surface area (Å²) in [6, 6.07) is 13.8. The zero-order valence-electron chi connectivity index (χ0n) is 13.8. The van der Waals surface area contributed by atoms with Crippen molar-refractivity contribution in [2.75, 3.05) is 0 Å². The summed E-state index contributed by atoms with van der Waals surface area (Å²) >= 11 is 5.78. The summed E-state index contributed by atoms with van der Waals surface area (Å²) in [6.45, 7) is 0. The van der Waals surface area contributed by atoms with E-state index in [1.807, 2.05) is 12.1 Å². The van der Waals surface area contributed by atoms with Crippen LogP contribution in [0.1, 0.15) is 20.8 Å². The lowest BCUT2D eigenvalue weighted by molar-refractivity contribution is 0.0845. The Morgan fingerprint density at radius 2 is 1.85 bits per heavy atom. The van der Waals surface area contributed by atoms with Gasteiger partial charge in [0.15, 0.2) is 5.76 Å². The lowest BCUT2D eigenvalue weighted by Crippen LogP contribution is -2.41. The van der Waals surface area contributed by atoms with Gasteiger partial charge >= 0.3 is 0 Å². The molecule has 3 heterocycles. The molecule has 8 heteroatoms. The number of nitrogens with zero attached hydrogens (tertiary/aromatic N) is 1. The van der Waals surface area contributed by atoms with E-state index in [1.54, 1.807) is 30.3 Å². The molecule has 2 amide bonds. The Morgan fingerprint density at radius 1 is 1.04 bits per heavy atom. The summed E-state index contributed by atoms with van der Waals surface area (Å²) < 4.78 is 5.38. The van der Waals surface area contributed by atoms with E-state index in [1.165, 1.54) is 18.5 Å². The fraction of sp³-hybridized carbons (Fsp3) is 0. The van der Waals surface area contributed by atoms with Gasteiger partial charge in [-0.15, -0.1) is 0 Å². The smallest absolute Gasteiger partial charge is 0.286 e. The van der Waals surface area contributed by atoms with Crippen LogP contribution in [0.15, 0.2) is 65.4 Å². The Morgan fingerprint density at radius 3 is 2.59 bits per heavy atom. The number of aromatic nitrogens is 2. The predicted octanol–water partition coefficient (Wildman–Crippen LogP) is 3.55. The van der Waals surface area contributed by atoms with Gasteiger partial charge in [-0.25, -0.2) is 4.98 Å². The highest BCUT2D eigenvalue weighted by Crippen LogP contribution is 2.25. The topological polar surface area (TPSA) is 100 Å². The number of carbonyl (C=O) groups excluding carboxylic acids is 2. The highest BCUT2D eigenvalue weighted by atomic mass is 35.5. The molecule has 0 spiro atoms. The molecule has 1 aromatic carbocycles. The summed E-state index contributed by atoms with van der Waals surface area (Å²) in [5, 5.41) is 1.05. The van der Waals surface area contributed by atoms with Crippen LogP contribution in [0, 0.1) is 0 Å². The number of rotatable bonds is 3. The average molecular weight is 381 g/mol. The fourth-order valence-electron chi connectivity index (χ4n) is 2.66. The maximum Gasteiger partial charge on any atom is 0.286 e. The van der Waals surface area contributed by atoms with Crippen LogP contribution in [0.4, 0.5) is 0 Å². The lowest BCUT2D eigenvalue weighted by Gasteiger charge is -2.10. The van der Waals surface area contributed by atoms with Crippen molar-refractivity contribution in [2.24, 2.45) is 0 Å². The van der Waals surface area contributed by atoms with Crippen LogP contribution in [-0.2, 0) is 0 Å². The number of hydrogen-bond donors (Lipinski definition) is 3. The molecule has 134 valence electrons. The Kier molecular flexibility index (Phi) is 4.35. The van der Waals surface area contributed by atoms with Crippen molar-refractivity contribution in [3.63, 3.8) is 0 Å². The number of fused-ring (bicyclic) bond motifs is 1. The van der Waals surface area contributed by atoms with Gasteiger partial charge in [-0.3, -0.25) is 20.4 Å². The number of hydrogen-bond acceptors (Lipinski definition) is 4. The predicted molar refractivity (Wildman–Crippen MR) is 100 cm³/mol. The first kappa shape index (κ1) is 16.9. The van der Waals surface area contributed by atoms with Gasteiger partial charge in [0, 0.05) is 11.6 Å². The van der Waals surface area contributed by atoms with Gasteiger partial charge < -0.3 is 9.40 Å². The normalized spacial score (nSPS) is 10.7. The molecule has 4 aromatic rings. The van der Waals surface area contributed by atoms with E-state index in [9.17, 15) is 9.59 Å². The summed E-state index contributed by atoms with van der Waals surface area (Å²) in [5.74, 6) is -0.452. The number of hydrazine groups is 1. The Hall–Kier alpha value is -3.58. The van der Waals surface area contributed by atoms with Crippen LogP contribution in [-0.4, -0.2) is 21.8 Å². The minimum atomic E-state index is -0.514. The van der Waals surface area contributed by atoms with E-state index in [-0.39, 0.29) is 5.69 Å². The molecule has 0 aliphatic rings. The van der Waals surface area contributed by atoms with E-state index in [0.29, 0.717) is 32.9 Å². The first-order valence-corrected chi connectivity index (χ1v) is 8.38.